The van der Waals surface area contributed by atoms with Gasteiger partial charge in [-0.2, -0.15) is 0 Å². The highest BCUT2D eigenvalue weighted by Crippen LogP contribution is 2.32. The van der Waals surface area contributed by atoms with Crippen LogP contribution in [-0.4, -0.2) is 15.4 Å². The molecule has 0 aliphatic rings. The molecule has 0 fully saturated rings. The second kappa shape index (κ2) is 5.19. The van der Waals surface area contributed by atoms with Gasteiger partial charge in [0, 0.05) is 10.1 Å². The predicted molar refractivity (Wildman–Crippen MR) is 62.2 cm³/mol. The molecule has 0 N–H and O–H groups in total. The maximum Gasteiger partial charge on any atom is 0.165 e. The quantitative estimate of drug-likeness (QED) is 0.761. The zero-order valence-corrected chi connectivity index (χ0v) is 10.6. The lowest BCUT2D eigenvalue weighted by atomic mass is 10.2. The van der Waals surface area contributed by atoms with Crippen LogP contribution in [0.4, 0.5) is 0 Å². The topological polar surface area (TPSA) is 25.8 Å². The predicted octanol–water partition coefficient (Wildman–Crippen LogP) is 3.92. The normalized spacial score (nSPS) is 13.3. The standard InChI is InChI=1S/C9H12Cl2N2S/c1-5(2)6(3)14-7-4-8(10)12-13-9(7)11/h4-6H,1-3H3. The summed E-state index contributed by atoms with van der Waals surface area (Å²) in [5, 5.41) is 8.70. The second-order valence-electron chi connectivity index (χ2n) is 3.39. The summed E-state index contributed by atoms with van der Waals surface area (Å²) in [5.41, 5.74) is 0. The number of hydrogen-bond donors (Lipinski definition) is 0. The van der Waals surface area contributed by atoms with Gasteiger partial charge in [0.05, 0.1) is 0 Å². The van der Waals surface area contributed by atoms with Gasteiger partial charge in [-0.1, -0.05) is 44.0 Å². The van der Waals surface area contributed by atoms with Crippen molar-refractivity contribution in [2.75, 3.05) is 0 Å². The van der Waals surface area contributed by atoms with E-state index in [0.29, 0.717) is 21.5 Å². The molecule has 1 unspecified atom stereocenters. The van der Waals surface area contributed by atoms with Gasteiger partial charge >= 0.3 is 0 Å². The van der Waals surface area contributed by atoms with Crippen molar-refractivity contribution in [2.45, 2.75) is 30.9 Å². The maximum absolute atomic E-state index is 5.89. The van der Waals surface area contributed by atoms with Gasteiger partial charge in [-0.15, -0.1) is 22.0 Å². The fraction of sp³-hybridized carbons (Fsp3) is 0.556. The molecule has 0 radical (unpaired) electrons. The Labute approximate surface area is 98.4 Å². The Hall–Kier alpha value is 0.01000. The van der Waals surface area contributed by atoms with Gasteiger partial charge in [0.1, 0.15) is 0 Å². The van der Waals surface area contributed by atoms with Crippen molar-refractivity contribution in [3.05, 3.63) is 16.4 Å². The molecule has 0 spiro atoms. The summed E-state index contributed by atoms with van der Waals surface area (Å²) < 4.78 is 0. The average molecular weight is 251 g/mol. The number of hydrogen-bond acceptors (Lipinski definition) is 3. The Kier molecular flexibility index (Phi) is 4.48. The van der Waals surface area contributed by atoms with Crippen LogP contribution in [-0.2, 0) is 0 Å². The number of aromatic nitrogens is 2. The summed E-state index contributed by atoms with van der Waals surface area (Å²) in [6.45, 7) is 6.49. The molecule has 0 aliphatic carbocycles. The Morgan fingerprint density at radius 1 is 1.21 bits per heavy atom. The third-order valence-electron chi connectivity index (χ3n) is 1.94. The van der Waals surface area contributed by atoms with E-state index < -0.39 is 0 Å². The Morgan fingerprint density at radius 2 is 1.86 bits per heavy atom. The lowest BCUT2D eigenvalue weighted by Crippen LogP contribution is -2.05. The van der Waals surface area contributed by atoms with Crippen LogP contribution in [0, 0.1) is 5.92 Å². The number of nitrogens with zero attached hydrogens (tertiary/aromatic N) is 2. The van der Waals surface area contributed by atoms with E-state index in [-0.39, 0.29) is 0 Å². The lowest BCUT2D eigenvalue weighted by Gasteiger charge is -2.14. The molecule has 5 heteroatoms. The van der Waals surface area contributed by atoms with E-state index in [1.54, 1.807) is 17.8 Å². The third-order valence-corrected chi connectivity index (χ3v) is 4.00. The second-order valence-corrected chi connectivity index (χ2v) is 5.55. The van der Waals surface area contributed by atoms with Gasteiger partial charge in [-0.05, 0) is 12.0 Å². The fourth-order valence-electron chi connectivity index (χ4n) is 0.757. The van der Waals surface area contributed by atoms with E-state index in [9.17, 15) is 0 Å². The van der Waals surface area contributed by atoms with Crippen molar-refractivity contribution in [3.8, 4) is 0 Å². The van der Waals surface area contributed by atoms with Crippen molar-refractivity contribution >= 4 is 35.0 Å². The highest BCUT2D eigenvalue weighted by molar-refractivity contribution is 8.00. The van der Waals surface area contributed by atoms with Crippen molar-refractivity contribution in [3.63, 3.8) is 0 Å². The van der Waals surface area contributed by atoms with Crippen LogP contribution in [0.2, 0.25) is 10.3 Å². The number of thioether (sulfide) groups is 1. The van der Waals surface area contributed by atoms with Gasteiger partial charge in [0.2, 0.25) is 0 Å². The van der Waals surface area contributed by atoms with E-state index >= 15 is 0 Å². The Bertz CT molecular complexity index is 318. The van der Waals surface area contributed by atoms with Crippen molar-refractivity contribution < 1.29 is 0 Å². The summed E-state index contributed by atoms with van der Waals surface area (Å²) in [6.07, 6.45) is 0. The molecule has 0 aliphatic heterocycles. The smallest absolute Gasteiger partial charge is 0.137 e. The molecule has 1 aromatic rings. The largest absolute Gasteiger partial charge is 0.165 e. The van der Waals surface area contributed by atoms with Gasteiger partial charge < -0.3 is 0 Å². The van der Waals surface area contributed by atoms with E-state index in [1.165, 1.54) is 0 Å². The first-order chi connectivity index (χ1) is 6.50. The molecule has 0 aromatic carbocycles. The first kappa shape index (κ1) is 12.1. The van der Waals surface area contributed by atoms with Crippen molar-refractivity contribution in [1.82, 2.24) is 10.2 Å². The van der Waals surface area contributed by atoms with Crippen LogP contribution in [0.1, 0.15) is 20.8 Å². The van der Waals surface area contributed by atoms with Crippen LogP contribution in [0.15, 0.2) is 11.0 Å². The summed E-state index contributed by atoms with van der Waals surface area (Å²) in [5.74, 6) is 0.586. The fourth-order valence-corrected chi connectivity index (χ4v) is 2.18. The molecule has 1 rings (SSSR count). The molecule has 1 atom stereocenters. The van der Waals surface area contributed by atoms with Crippen LogP contribution >= 0.6 is 35.0 Å². The summed E-state index contributed by atoms with van der Waals surface area (Å²) in [4.78, 5) is 0.896. The number of halogens is 2. The van der Waals surface area contributed by atoms with Crippen LogP contribution in [0.3, 0.4) is 0 Å². The summed E-state index contributed by atoms with van der Waals surface area (Å²) in [7, 11) is 0. The maximum atomic E-state index is 5.89. The third kappa shape index (κ3) is 3.30. The molecule has 1 aromatic heterocycles. The minimum Gasteiger partial charge on any atom is -0.137 e. The number of rotatable bonds is 3. The van der Waals surface area contributed by atoms with Gasteiger partial charge in [-0.25, -0.2) is 0 Å². The highest BCUT2D eigenvalue weighted by Gasteiger charge is 2.12. The van der Waals surface area contributed by atoms with E-state index in [2.05, 4.69) is 31.0 Å². The molecule has 0 bridgehead atoms. The van der Waals surface area contributed by atoms with Crippen LogP contribution < -0.4 is 0 Å². The zero-order chi connectivity index (χ0) is 10.7. The van der Waals surface area contributed by atoms with Crippen LogP contribution in [0.25, 0.3) is 0 Å². The highest BCUT2D eigenvalue weighted by atomic mass is 35.5. The van der Waals surface area contributed by atoms with Gasteiger partial charge in [0.25, 0.3) is 0 Å². The van der Waals surface area contributed by atoms with Crippen LogP contribution in [0.5, 0.6) is 0 Å². The lowest BCUT2D eigenvalue weighted by molar-refractivity contribution is 0.642. The van der Waals surface area contributed by atoms with E-state index in [4.69, 9.17) is 23.2 Å². The Balaban J connectivity index is 2.80. The molecule has 0 saturated carbocycles. The van der Waals surface area contributed by atoms with Gasteiger partial charge in [-0.3, -0.25) is 0 Å². The van der Waals surface area contributed by atoms with Crippen molar-refractivity contribution in [1.29, 1.82) is 0 Å². The first-order valence-electron chi connectivity index (χ1n) is 4.36. The molecular weight excluding hydrogens is 239 g/mol. The van der Waals surface area contributed by atoms with E-state index in [0.717, 1.165) is 4.90 Å². The van der Waals surface area contributed by atoms with Gasteiger partial charge in [0.15, 0.2) is 10.3 Å². The van der Waals surface area contributed by atoms with Crippen molar-refractivity contribution in [2.24, 2.45) is 5.92 Å². The summed E-state index contributed by atoms with van der Waals surface area (Å²) in [6, 6.07) is 1.75. The van der Waals surface area contributed by atoms with E-state index in [1.807, 2.05) is 0 Å². The molecule has 78 valence electrons. The SMILES string of the molecule is CC(C)C(C)Sc1cc(Cl)nnc1Cl. The minimum atomic E-state index is 0.382. The molecule has 0 amide bonds. The zero-order valence-electron chi connectivity index (χ0n) is 8.29. The molecular formula is C9H12Cl2N2S. The Morgan fingerprint density at radius 3 is 2.43 bits per heavy atom. The minimum absolute atomic E-state index is 0.382. The molecule has 1 heterocycles. The monoisotopic (exact) mass is 250 g/mol. The molecule has 14 heavy (non-hydrogen) atoms. The average Bonchev–Trinajstić information content (AvgIpc) is 2.11. The summed E-state index contributed by atoms with van der Waals surface area (Å²) >= 11 is 13.3. The molecule has 2 nitrogen and oxygen atoms in total. The first-order valence-corrected chi connectivity index (χ1v) is 5.99. The molecule has 0 saturated heterocycles.